The quantitative estimate of drug-likeness (QED) is 0.745. The number of rotatable bonds is 6. The van der Waals surface area contributed by atoms with Gasteiger partial charge in [-0.2, -0.15) is 5.10 Å². The molecule has 0 saturated carbocycles. The first-order valence-electron chi connectivity index (χ1n) is 11.4. The average Bonchev–Trinajstić information content (AvgIpc) is 3.08. The first kappa shape index (κ1) is 20.4. The molecular formula is C24H37N5. The predicted molar refractivity (Wildman–Crippen MR) is 121 cm³/mol. The van der Waals surface area contributed by atoms with Gasteiger partial charge in [0.05, 0.1) is 6.20 Å². The molecule has 2 aromatic rings. The van der Waals surface area contributed by atoms with Crippen LogP contribution in [0.3, 0.4) is 0 Å². The molecule has 158 valence electrons. The molecule has 2 aliphatic heterocycles. The molecule has 1 aromatic heterocycles. The Hall–Kier alpha value is -1.85. The van der Waals surface area contributed by atoms with Crippen molar-refractivity contribution in [3.8, 4) is 0 Å². The lowest BCUT2D eigenvalue weighted by atomic mass is 10.0. The van der Waals surface area contributed by atoms with Crippen LogP contribution in [0.2, 0.25) is 0 Å². The maximum Gasteiger partial charge on any atom is 0.0537 e. The van der Waals surface area contributed by atoms with E-state index in [0.29, 0.717) is 6.04 Å². The van der Waals surface area contributed by atoms with Gasteiger partial charge < -0.3 is 4.90 Å². The Morgan fingerprint density at radius 1 is 1.03 bits per heavy atom. The fourth-order valence-corrected chi connectivity index (χ4v) is 5.04. The van der Waals surface area contributed by atoms with E-state index in [1.807, 2.05) is 0 Å². The number of anilines is 1. The van der Waals surface area contributed by atoms with Gasteiger partial charge in [-0.05, 0) is 51.3 Å². The van der Waals surface area contributed by atoms with E-state index in [9.17, 15) is 0 Å². The first-order valence-corrected chi connectivity index (χ1v) is 11.4. The Balaban J connectivity index is 1.32. The topological polar surface area (TPSA) is 27.5 Å². The zero-order valence-electron chi connectivity index (χ0n) is 18.5. The molecule has 0 radical (unpaired) electrons. The van der Waals surface area contributed by atoms with Crippen LogP contribution in [-0.2, 0) is 13.1 Å². The number of piperidine rings is 1. The molecule has 2 fully saturated rings. The molecule has 29 heavy (non-hydrogen) atoms. The van der Waals surface area contributed by atoms with E-state index in [0.717, 1.165) is 32.6 Å². The van der Waals surface area contributed by atoms with Gasteiger partial charge in [-0.1, -0.05) is 25.1 Å². The van der Waals surface area contributed by atoms with Gasteiger partial charge in [0.1, 0.15) is 0 Å². The largest absolute Gasteiger partial charge is 0.369 e. The monoisotopic (exact) mass is 395 g/mol. The van der Waals surface area contributed by atoms with Gasteiger partial charge in [0, 0.05) is 68.8 Å². The second-order valence-electron chi connectivity index (χ2n) is 8.82. The Kier molecular flexibility index (Phi) is 6.56. The second kappa shape index (κ2) is 9.31. The minimum Gasteiger partial charge on any atom is -0.369 e. The maximum absolute atomic E-state index is 4.60. The summed E-state index contributed by atoms with van der Waals surface area (Å²) in [5.41, 5.74) is 5.56. The molecule has 0 bridgehead atoms. The van der Waals surface area contributed by atoms with Gasteiger partial charge in [-0.15, -0.1) is 0 Å². The Bertz CT molecular complexity index is 790. The summed E-state index contributed by atoms with van der Waals surface area (Å²) in [5, 5.41) is 4.60. The van der Waals surface area contributed by atoms with Crippen LogP contribution < -0.4 is 4.90 Å². The number of hydrogen-bond donors (Lipinski definition) is 0. The standard InChI is InChI=1S/C24H37N5/c1-4-11-29-21(3)22(17-25-29)18-26-12-7-9-23(19-26)27-13-15-28(16-14-27)24-10-6-5-8-20(24)2/h5-6,8,10,17,23H,4,7,9,11-16,18-19H2,1-3H3. The van der Waals surface area contributed by atoms with Crippen LogP contribution in [0.5, 0.6) is 0 Å². The smallest absolute Gasteiger partial charge is 0.0537 e. The third-order valence-electron chi connectivity index (χ3n) is 6.80. The number of para-hydroxylation sites is 1. The number of aromatic nitrogens is 2. The fraction of sp³-hybridized carbons (Fsp3) is 0.625. The summed E-state index contributed by atoms with van der Waals surface area (Å²) in [6, 6.07) is 9.51. The van der Waals surface area contributed by atoms with Crippen molar-refractivity contribution in [3.63, 3.8) is 0 Å². The molecule has 2 saturated heterocycles. The lowest BCUT2D eigenvalue weighted by Gasteiger charge is -2.44. The lowest BCUT2D eigenvalue weighted by Crippen LogP contribution is -2.55. The van der Waals surface area contributed by atoms with Crippen molar-refractivity contribution < 1.29 is 0 Å². The normalized spacial score (nSPS) is 21.6. The summed E-state index contributed by atoms with van der Waals surface area (Å²) in [5.74, 6) is 0. The summed E-state index contributed by atoms with van der Waals surface area (Å²) >= 11 is 0. The summed E-state index contributed by atoms with van der Waals surface area (Å²) in [4.78, 5) is 7.97. The predicted octanol–water partition coefficient (Wildman–Crippen LogP) is 3.70. The second-order valence-corrected chi connectivity index (χ2v) is 8.82. The van der Waals surface area contributed by atoms with Crippen molar-refractivity contribution >= 4 is 5.69 Å². The zero-order chi connectivity index (χ0) is 20.2. The molecule has 1 aromatic carbocycles. The van der Waals surface area contributed by atoms with Crippen molar-refractivity contribution in [3.05, 3.63) is 47.3 Å². The van der Waals surface area contributed by atoms with E-state index < -0.39 is 0 Å². The van der Waals surface area contributed by atoms with E-state index in [-0.39, 0.29) is 0 Å². The highest BCUT2D eigenvalue weighted by atomic mass is 15.3. The van der Waals surface area contributed by atoms with Gasteiger partial charge in [-0.25, -0.2) is 0 Å². The molecule has 1 atom stereocenters. The highest BCUT2D eigenvalue weighted by Crippen LogP contribution is 2.24. The molecule has 3 heterocycles. The highest BCUT2D eigenvalue weighted by Gasteiger charge is 2.28. The number of nitrogens with zero attached hydrogens (tertiary/aromatic N) is 5. The van der Waals surface area contributed by atoms with Gasteiger partial charge in [0.25, 0.3) is 0 Å². The van der Waals surface area contributed by atoms with Crippen molar-refractivity contribution in [1.82, 2.24) is 19.6 Å². The SMILES string of the molecule is CCCn1ncc(CN2CCCC(N3CCN(c4ccccc4C)CC3)C2)c1C. The highest BCUT2D eigenvalue weighted by molar-refractivity contribution is 5.53. The number of hydrogen-bond acceptors (Lipinski definition) is 4. The number of likely N-dealkylation sites (tertiary alicyclic amines) is 1. The van der Waals surface area contributed by atoms with Crippen LogP contribution in [0, 0.1) is 13.8 Å². The third-order valence-corrected chi connectivity index (χ3v) is 6.80. The molecule has 5 nitrogen and oxygen atoms in total. The minimum absolute atomic E-state index is 0.703. The molecule has 1 unspecified atom stereocenters. The van der Waals surface area contributed by atoms with Crippen LogP contribution >= 0.6 is 0 Å². The van der Waals surface area contributed by atoms with Crippen LogP contribution in [0.1, 0.15) is 43.0 Å². The lowest BCUT2D eigenvalue weighted by molar-refractivity contribution is 0.0886. The van der Waals surface area contributed by atoms with E-state index in [2.05, 4.69) is 75.7 Å². The Morgan fingerprint density at radius 2 is 1.83 bits per heavy atom. The van der Waals surface area contributed by atoms with Crippen molar-refractivity contribution in [1.29, 1.82) is 0 Å². The molecule has 0 N–H and O–H groups in total. The molecule has 5 heteroatoms. The molecule has 0 amide bonds. The summed E-state index contributed by atoms with van der Waals surface area (Å²) in [7, 11) is 0. The van der Waals surface area contributed by atoms with Gasteiger partial charge in [0.15, 0.2) is 0 Å². The van der Waals surface area contributed by atoms with E-state index in [1.54, 1.807) is 0 Å². The van der Waals surface area contributed by atoms with Crippen molar-refractivity contribution in [2.75, 3.05) is 44.2 Å². The van der Waals surface area contributed by atoms with Crippen LogP contribution in [-0.4, -0.2) is 64.9 Å². The fourth-order valence-electron chi connectivity index (χ4n) is 5.04. The third kappa shape index (κ3) is 4.67. The Morgan fingerprint density at radius 3 is 2.59 bits per heavy atom. The summed E-state index contributed by atoms with van der Waals surface area (Å²) in [6.07, 6.45) is 5.89. The zero-order valence-corrected chi connectivity index (χ0v) is 18.5. The number of aryl methyl sites for hydroxylation is 2. The summed E-state index contributed by atoms with van der Waals surface area (Å²) < 4.78 is 2.17. The van der Waals surface area contributed by atoms with Crippen molar-refractivity contribution in [2.24, 2.45) is 0 Å². The maximum atomic E-state index is 4.60. The van der Waals surface area contributed by atoms with Gasteiger partial charge >= 0.3 is 0 Å². The minimum atomic E-state index is 0.703. The molecule has 0 aliphatic carbocycles. The molecule has 4 rings (SSSR count). The van der Waals surface area contributed by atoms with Crippen LogP contribution in [0.25, 0.3) is 0 Å². The van der Waals surface area contributed by atoms with E-state index >= 15 is 0 Å². The average molecular weight is 396 g/mol. The number of benzene rings is 1. The van der Waals surface area contributed by atoms with E-state index in [1.165, 1.54) is 61.5 Å². The number of piperazine rings is 1. The van der Waals surface area contributed by atoms with Gasteiger partial charge in [-0.3, -0.25) is 14.5 Å². The summed E-state index contributed by atoms with van der Waals surface area (Å²) in [6.45, 7) is 15.8. The molecule has 0 spiro atoms. The van der Waals surface area contributed by atoms with E-state index in [4.69, 9.17) is 0 Å². The molecular weight excluding hydrogens is 358 g/mol. The van der Waals surface area contributed by atoms with Crippen LogP contribution in [0.15, 0.2) is 30.5 Å². The van der Waals surface area contributed by atoms with Gasteiger partial charge in [0.2, 0.25) is 0 Å². The molecule has 2 aliphatic rings. The van der Waals surface area contributed by atoms with Crippen molar-refractivity contribution in [2.45, 2.75) is 59.2 Å². The van der Waals surface area contributed by atoms with Crippen LogP contribution in [0.4, 0.5) is 5.69 Å². The first-order chi connectivity index (χ1) is 14.2. The Labute approximate surface area is 176 Å².